The predicted molar refractivity (Wildman–Crippen MR) is 106 cm³/mol. The molecule has 0 aromatic heterocycles. The van der Waals surface area contributed by atoms with Crippen LogP contribution in [-0.4, -0.2) is 39.8 Å². The second kappa shape index (κ2) is 10.2. The number of hydrogen-bond donors (Lipinski definition) is 1. The maximum Gasteiger partial charge on any atom is 0.331 e. The van der Waals surface area contributed by atoms with E-state index in [-0.39, 0.29) is 0 Å². The summed E-state index contributed by atoms with van der Waals surface area (Å²) in [7, 11) is 4.55. The molecule has 1 N–H and O–H groups in total. The molecule has 0 bridgehead atoms. The standard InChI is InChI=1S/C20H20ClNO6/c1-25-15-6-8-17(26-2)13(10-15)4-9-20(24)28-12-19(23)22-14-5-7-18(27-3)16(21)11-14/h4-11H,12H2,1-3H3,(H,22,23)/b9-4+. The summed E-state index contributed by atoms with van der Waals surface area (Å²) in [6.07, 6.45) is 2.72. The van der Waals surface area contributed by atoms with E-state index in [1.54, 1.807) is 30.3 Å². The van der Waals surface area contributed by atoms with Crippen LogP contribution in [0.5, 0.6) is 17.2 Å². The molecule has 0 aliphatic heterocycles. The Kier molecular flexibility index (Phi) is 7.71. The summed E-state index contributed by atoms with van der Waals surface area (Å²) in [5, 5.41) is 2.93. The topological polar surface area (TPSA) is 83.1 Å². The SMILES string of the molecule is COc1ccc(OC)c(/C=C/C(=O)OCC(=O)Nc2ccc(OC)c(Cl)c2)c1. The lowest BCUT2D eigenvalue weighted by Gasteiger charge is -2.08. The Morgan fingerprint density at radius 1 is 1.00 bits per heavy atom. The average Bonchev–Trinajstić information content (AvgIpc) is 2.70. The minimum Gasteiger partial charge on any atom is -0.497 e. The number of benzene rings is 2. The van der Waals surface area contributed by atoms with E-state index in [0.717, 1.165) is 0 Å². The van der Waals surface area contributed by atoms with E-state index >= 15 is 0 Å². The van der Waals surface area contributed by atoms with Gasteiger partial charge in [0.25, 0.3) is 5.91 Å². The van der Waals surface area contributed by atoms with Crippen molar-refractivity contribution in [3.05, 3.63) is 53.1 Å². The molecule has 0 atom stereocenters. The minimum atomic E-state index is -0.673. The van der Waals surface area contributed by atoms with Crippen LogP contribution in [0.3, 0.4) is 0 Å². The van der Waals surface area contributed by atoms with Crippen LogP contribution < -0.4 is 19.5 Å². The Morgan fingerprint density at radius 3 is 2.36 bits per heavy atom. The molecule has 0 radical (unpaired) electrons. The molecule has 0 heterocycles. The van der Waals surface area contributed by atoms with E-state index in [1.807, 2.05) is 0 Å². The Labute approximate surface area is 167 Å². The van der Waals surface area contributed by atoms with Crippen LogP contribution in [0.1, 0.15) is 5.56 Å². The van der Waals surface area contributed by atoms with Gasteiger partial charge in [0.15, 0.2) is 6.61 Å². The van der Waals surface area contributed by atoms with Crippen molar-refractivity contribution in [2.45, 2.75) is 0 Å². The van der Waals surface area contributed by atoms with Crippen molar-refractivity contribution < 1.29 is 28.5 Å². The third kappa shape index (κ3) is 5.92. The summed E-state index contributed by atoms with van der Waals surface area (Å²) in [6, 6.07) is 9.95. The molecule has 8 heteroatoms. The van der Waals surface area contributed by atoms with Crippen molar-refractivity contribution in [1.29, 1.82) is 0 Å². The largest absolute Gasteiger partial charge is 0.497 e. The Balaban J connectivity index is 1.90. The second-order valence-electron chi connectivity index (χ2n) is 5.45. The second-order valence-corrected chi connectivity index (χ2v) is 5.85. The Morgan fingerprint density at radius 2 is 1.71 bits per heavy atom. The van der Waals surface area contributed by atoms with Gasteiger partial charge in [-0.15, -0.1) is 0 Å². The molecular formula is C20H20ClNO6. The fraction of sp³-hybridized carbons (Fsp3) is 0.200. The van der Waals surface area contributed by atoms with Gasteiger partial charge in [-0.05, 0) is 42.5 Å². The normalized spacial score (nSPS) is 10.4. The van der Waals surface area contributed by atoms with E-state index in [4.69, 9.17) is 30.5 Å². The summed E-state index contributed by atoms with van der Waals surface area (Å²) in [4.78, 5) is 23.8. The minimum absolute atomic E-state index is 0.354. The summed E-state index contributed by atoms with van der Waals surface area (Å²) in [5.41, 5.74) is 1.10. The molecule has 0 spiro atoms. The highest BCUT2D eigenvalue weighted by molar-refractivity contribution is 6.32. The van der Waals surface area contributed by atoms with Crippen LogP contribution >= 0.6 is 11.6 Å². The van der Waals surface area contributed by atoms with Crippen LogP contribution in [-0.2, 0) is 14.3 Å². The zero-order chi connectivity index (χ0) is 20.5. The molecule has 7 nitrogen and oxygen atoms in total. The number of amides is 1. The van der Waals surface area contributed by atoms with Gasteiger partial charge in [-0.2, -0.15) is 0 Å². The third-order valence-electron chi connectivity index (χ3n) is 3.62. The van der Waals surface area contributed by atoms with Gasteiger partial charge < -0.3 is 24.3 Å². The van der Waals surface area contributed by atoms with E-state index in [1.165, 1.54) is 39.5 Å². The number of carbonyl (C=O) groups is 2. The molecule has 0 saturated heterocycles. The van der Waals surface area contributed by atoms with Crippen molar-refractivity contribution in [3.8, 4) is 17.2 Å². The van der Waals surface area contributed by atoms with Crippen molar-refractivity contribution in [1.82, 2.24) is 0 Å². The van der Waals surface area contributed by atoms with Gasteiger partial charge >= 0.3 is 5.97 Å². The summed E-state index contributed by atoms with van der Waals surface area (Å²) in [6.45, 7) is -0.442. The molecule has 0 unspecified atom stereocenters. The molecule has 28 heavy (non-hydrogen) atoms. The summed E-state index contributed by atoms with van der Waals surface area (Å²) < 4.78 is 20.3. The first-order valence-corrected chi connectivity index (χ1v) is 8.55. The highest BCUT2D eigenvalue weighted by Crippen LogP contribution is 2.27. The van der Waals surface area contributed by atoms with E-state index < -0.39 is 18.5 Å². The van der Waals surface area contributed by atoms with Gasteiger partial charge in [-0.25, -0.2) is 4.79 Å². The predicted octanol–water partition coefficient (Wildman–Crippen LogP) is 3.56. The molecule has 2 rings (SSSR count). The van der Waals surface area contributed by atoms with Gasteiger partial charge in [0.2, 0.25) is 0 Å². The summed E-state index contributed by atoms with van der Waals surface area (Å²) in [5.74, 6) is 0.504. The monoisotopic (exact) mass is 405 g/mol. The quantitative estimate of drug-likeness (QED) is 0.534. The van der Waals surface area contributed by atoms with Crippen LogP contribution in [0.2, 0.25) is 5.02 Å². The van der Waals surface area contributed by atoms with Crippen molar-refractivity contribution in [3.63, 3.8) is 0 Å². The van der Waals surface area contributed by atoms with Crippen LogP contribution in [0, 0.1) is 0 Å². The number of esters is 1. The smallest absolute Gasteiger partial charge is 0.331 e. The molecule has 0 fully saturated rings. The molecular weight excluding hydrogens is 386 g/mol. The van der Waals surface area contributed by atoms with Crippen molar-refractivity contribution in [2.24, 2.45) is 0 Å². The lowest BCUT2D eigenvalue weighted by Crippen LogP contribution is -2.20. The number of ether oxygens (including phenoxy) is 4. The molecule has 0 saturated carbocycles. The van der Waals surface area contributed by atoms with Crippen LogP contribution in [0.4, 0.5) is 5.69 Å². The number of carbonyl (C=O) groups excluding carboxylic acids is 2. The molecule has 2 aromatic carbocycles. The van der Waals surface area contributed by atoms with E-state index in [0.29, 0.717) is 33.5 Å². The first-order valence-electron chi connectivity index (χ1n) is 8.17. The molecule has 1 amide bonds. The highest BCUT2D eigenvalue weighted by atomic mass is 35.5. The van der Waals surface area contributed by atoms with E-state index in [2.05, 4.69) is 5.32 Å². The van der Waals surface area contributed by atoms with Gasteiger partial charge in [0, 0.05) is 17.3 Å². The van der Waals surface area contributed by atoms with E-state index in [9.17, 15) is 9.59 Å². The van der Waals surface area contributed by atoms with Gasteiger partial charge in [-0.1, -0.05) is 11.6 Å². The lowest BCUT2D eigenvalue weighted by atomic mass is 10.1. The number of halogens is 1. The van der Waals surface area contributed by atoms with Gasteiger partial charge in [0.05, 0.1) is 26.4 Å². The molecule has 0 aliphatic carbocycles. The number of rotatable bonds is 8. The molecule has 2 aromatic rings. The maximum atomic E-state index is 11.9. The molecule has 148 valence electrons. The number of hydrogen-bond acceptors (Lipinski definition) is 6. The first kappa shape index (κ1) is 21.1. The molecule has 0 aliphatic rings. The maximum absolute atomic E-state index is 11.9. The number of nitrogens with one attached hydrogen (secondary N) is 1. The Bertz CT molecular complexity index is 881. The Hall–Kier alpha value is -3.19. The highest BCUT2D eigenvalue weighted by Gasteiger charge is 2.09. The first-order chi connectivity index (χ1) is 13.5. The number of methoxy groups -OCH3 is 3. The van der Waals surface area contributed by atoms with Gasteiger partial charge in [-0.3, -0.25) is 4.79 Å². The number of anilines is 1. The lowest BCUT2D eigenvalue weighted by molar-refractivity contribution is -0.142. The average molecular weight is 406 g/mol. The van der Waals surface area contributed by atoms with Crippen molar-refractivity contribution in [2.75, 3.05) is 33.3 Å². The van der Waals surface area contributed by atoms with Crippen molar-refractivity contribution >= 4 is 35.2 Å². The van der Waals surface area contributed by atoms with Gasteiger partial charge in [0.1, 0.15) is 17.2 Å². The third-order valence-corrected chi connectivity index (χ3v) is 3.91. The zero-order valence-electron chi connectivity index (χ0n) is 15.7. The fourth-order valence-corrected chi connectivity index (χ4v) is 2.51. The zero-order valence-corrected chi connectivity index (χ0v) is 16.4. The summed E-state index contributed by atoms with van der Waals surface area (Å²) >= 11 is 6.00. The fourth-order valence-electron chi connectivity index (χ4n) is 2.25. The van der Waals surface area contributed by atoms with Crippen LogP contribution in [0.25, 0.3) is 6.08 Å². The van der Waals surface area contributed by atoms with Crippen LogP contribution in [0.15, 0.2) is 42.5 Å².